The van der Waals surface area contributed by atoms with Crippen LogP contribution in [0.25, 0.3) is 0 Å². The molecule has 2 fully saturated rings. The largest absolute Gasteiger partial charge is 0.401 e. The van der Waals surface area contributed by atoms with E-state index in [1.165, 1.54) is 19.3 Å². The number of nitrogens with one attached hydrogen (secondary N) is 1. The zero-order chi connectivity index (χ0) is 15.7. The number of nitrogens with zero attached hydrogens (tertiary/aromatic N) is 1. The molecule has 0 radical (unpaired) electrons. The summed E-state index contributed by atoms with van der Waals surface area (Å²) in [5.41, 5.74) is 0.382. The van der Waals surface area contributed by atoms with Crippen LogP contribution >= 0.6 is 0 Å². The van der Waals surface area contributed by atoms with Crippen molar-refractivity contribution in [1.82, 2.24) is 10.2 Å². The Balaban J connectivity index is 1.72. The molecule has 3 unspecified atom stereocenters. The first-order chi connectivity index (χ1) is 9.63. The fraction of sp³-hybridized carbons (Fsp3) is 1.00. The van der Waals surface area contributed by atoms with Gasteiger partial charge in [-0.1, -0.05) is 20.8 Å². The molecule has 1 N–H and O–H groups in total. The first-order valence-electron chi connectivity index (χ1n) is 8.15. The van der Waals surface area contributed by atoms with E-state index in [1.54, 1.807) is 4.90 Å². The molecule has 5 heteroatoms. The van der Waals surface area contributed by atoms with Crippen LogP contribution in [-0.4, -0.2) is 43.3 Å². The van der Waals surface area contributed by atoms with Crippen LogP contribution in [0.2, 0.25) is 0 Å². The second-order valence-corrected chi connectivity index (χ2v) is 8.02. The van der Waals surface area contributed by atoms with Gasteiger partial charge in [-0.25, -0.2) is 0 Å². The smallest absolute Gasteiger partial charge is 0.314 e. The summed E-state index contributed by atoms with van der Waals surface area (Å²) < 4.78 is 37.1. The van der Waals surface area contributed by atoms with Gasteiger partial charge < -0.3 is 5.32 Å². The van der Waals surface area contributed by atoms with Gasteiger partial charge in [0.25, 0.3) is 0 Å². The third kappa shape index (κ3) is 5.78. The minimum atomic E-state index is -4.06. The van der Waals surface area contributed by atoms with E-state index in [2.05, 4.69) is 26.1 Å². The highest BCUT2D eigenvalue weighted by Crippen LogP contribution is 2.38. The molecule has 0 bridgehead atoms. The highest BCUT2D eigenvalue weighted by molar-refractivity contribution is 4.88. The highest BCUT2D eigenvalue weighted by Gasteiger charge is 2.35. The first-order valence-corrected chi connectivity index (χ1v) is 8.15. The molecule has 0 spiro atoms. The van der Waals surface area contributed by atoms with E-state index in [4.69, 9.17) is 0 Å². The van der Waals surface area contributed by atoms with Gasteiger partial charge >= 0.3 is 6.18 Å². The summed E-state index contributed by atoms with van der Waals surface area (Å²) in [7, 11) is 0. The lowest BCUT2D eigenvalue weighted by atomic mass is 9.70. The van der Waals surface area contributed by atoms with Gasteiger partial charge in [-0.15, -0.1) is 0 Å². The molecule has 2 nitrogen and oxygen atoms in total. The Morgan fingerprint density at radius 3 is 2.57 bits per heavy atom. The van der Waals surface area contributed by atoms with E-state index in [0.717, 1.165) is 18.9 Å². The van der Waals surface area contributed by atoms with Crippen molar-refractivity contribution in [2.75, 3.05) is 26.2 Å². The molecule has 3 atom stereocenters. The van der Waals surface area contributed by atoms with Gasteiger partial charge in [0.05, 0.1) is 6.54 Å². The highest BCUT2D eigenvalue weighted by atomic mass is 19.4. The summed E-state index contributed by atoms with van der Waals surface area (Å²) in [6, 6.07) is 0.528. The Bertz CT molecular complexity index is 341. The molecule has 1 saturated carbocycles. The van der Waals surface area contributed by atoms with E-state index in [-0.39, 0.29) is 0 Å². The number of hydrogen-bond donors (Lipinski definition) is 1. The van der Waals surface area contributed by atoms with E-state index >= 15 is 0 Å². The van der Waals surface area contributed by atoms with Gasteiger partial charge in [0.15, 0.2) is 0 Å². The molecule has 1 saturated heterocycles. The van der Waals surface area contributed by atoms with Crippen LogP contribution in [-0.2, 0) is 0 Å². The Morgan fingerprint density at radius 1 is 1.24 bits per heavy atom. The number of rotatable bonds is 4. The van der Waals surface area contributed by atoms with E-state index in [0.29, 0.717) is 30.5 Å². The molecular formula is C16H29F3N2. The van der Waals surface area contributed by atoms with Crippen molar-refractivity contribution in [2.24, 2.45) is 17.3 Å². The lowest BCUT2D eigenvalue weighted by molar-refractivity contribution is -0.143. The van der Waals surface area contributed by atoms with Crippen LogP contribution in [0.5, 0.6) is 0 Å². The molecule has 2 aliphatic rings. The number of alkyl halides is 3. The predicted molar refractivity (Wildman–Crippen MR) is 79.2 cm³/mol. The van der Waals surface area contributed by atoms with Crippen molar-refractivity contribution in [1.29, 1.82) is 0 Å². The zero-order valence-electron chi connectivity index (χ0n) is 13.5. The fourth-order valence-corrected chi connectivity index (χ4v) is 4.31. The molecule has 1 aliphatic heterocycles. The number of hydrogen-bond acceptors (Lipinski definition) is 2. The van der Waals surface area contributed by atoms with Gasteiger partial charge in [-0.2, -0.15) is 13.2 Å². The second kappa shape index (κ2) is 6.45. The molecule has 1 heterocycles. The molecule has 0 aromatic heterocycles. The van der Waals surface area contributed by atoms with Crippen LogP contribution < -0.4 is 5.32 Å². The van der Waals surface area contributed by atoms with Gasteiger partial charge in [-0.3, -0.25) is 4.90 Å². The van der Waals surface area contributed by atoms with Crippen molar-refractivity contribution in [3.8, 4) is 0 Å². The van der Waals surface area contributed by atoms with Crippen molar-refractivity contribution in [2.45, 2.75) is 58.7 Å². The van der Waals surface area contributed by atoms with Crippen LogP contribution in [0.4, 0.5) is 13.2 Å². The molecule has 124 valence electrons. The minimum Gasteiger partial charge on any atom is -0.314 e. The Hall–Kier alpha value is -0.290. The lowest BCUT2D eigenvalue weighted by Gasteiger charge is -2.39. The summed E-state index contributed by atoms with van der Waals surface area (Å²) in [6.45, 7) is 8.21. The van der Waals surface area contributed by atoms with Crippen LogP contribution in [0, 0.1) is 17.3 Å². The standard InChI is InChI=1S/C16H29F3N2/c1-12-6-14(8-15(2,3)7-12)20-9-13-4-5-21(10-13)11-16(17,18)19/h12-14,20H,4-11H2,1-3H3. The zero-order valence-corrected chi connectivity index (χ0v) is 13.5. The average Bonchev–Trinajstić information content (AvgIpc) is 2.68. The Kier molecular flexibility index (Phi) is 5.24. The van der Waals surface area contributed by atoms with E-state index in [1.807, 2.05) is 0 Å². The maximum absolute atomic E-state index is 12.4. The van der Waals surface area contributed by atoms with Crippen molar-refractivity contribution in [3.63, 3.8) is 0 Å². The van der Waals surface area contributed by atoms with Gasteiger partial charge in [-0.05, 0) is 56.0 Å². The normalized spacial score (nSPS) is 34.3. The van der Waals surface area contributed by atoms with Crippen molar-refractivity contribution >= 4 is 0 Å². The Morgan fingerprint density at radius 2 is 1.95 bits per heavy atom. The summed E-state index contributed by atoms with van der Waals surface area (Å²) in [5.74, 6) is 1.10. The average molecular weight is 306 g/mol. The molecule has 0 aromatic rings. The lowest BCUT2D eigenvalue weighted by Crippen LogP contribution is -2.42. The molecule has 0 aromatic carbocycles. The quantitative estimate of drug-likeness (QED) is 0.852. The molecule has 2 rings (SSSR count). The van der Waals surface area contributed by atoms with Gasteiger partial charge in [0.2, 0.25) is 0 Å². The van der Waals surface area contributed by atoms with Crippen LogP contribution in [0.1, 0.15) is 46.5 Å². The van der Waals surface area contributed by atoms with Crippen molar-refractivity contribution in [3.05, 3.63) is 0 Å². The van der Waals surface area contributed by atoms with Crippen LogP contribution in [0.15, 0.2) is 0 Å². The minimum absolute atomic E-state index is 0.368. The van der Waals surface area contributed by atoms with Gasteiger partial charge in [0, 0.05) is 12.6 Å². The number of likely N-dealkylation sites (tertiary alicyclic amines) is 1. The summed E-state index contributed by atoms with van der Waals surface area (Å²) in [6.07, 6.45) is 0.465. The van der Waals surface area contributed by atoms with E-state index < -0.39 is 12.7 Å². The molecule has 21 heavy (non-hydrogen) atoms. The third-order valence-corrected chi connectivity index (χ3v) is 4.85. The molecule has 0 amide bonds. The van der Waals surface area contributed by atoms with Crippen molar-refractivity contribution < 1.29 is 13.2 Å². The summed E-state index contributed by atoms with van der Waals surface area (Å²) >= 11 is 0. The summed E-state index contributed by atoms with van der Waals surface area (Å²) in [4.78, 5) is 1.54. The SMILES string of the molecule is CC1CC(NCC2CCN(CC(F)(F)F)C2)CC(C)(C)C1. The fourth-order valence-electron chi connectivity index (χ4n) is 4.31. The molecule has 1 aliphatic carbocycles. The maximum Gasteiger partial charge on any atom is 0.401 e. The maximum atomic E-state index is 12.4. The second-order valence-electron chi connectivity index (χ2n) is 8.02. The summed E-state index contributed by atoms with van der Waals surface area (Å²) in [5, 5.41) is 3.63. The first kappa shape index (κ1) is 17.1. The Labute approximate surface area is 126 Å². The molecular weight excluding hydrogens is 277 g/mol. The van der Waals surface area contributed by atoms with E-state index in [9.17, 15) is 13.2 Å². The third-order valence-electron chi connectivity index (χ3n) is 4.85. The van der Waals surface area contributed by atoms with Crippen LogP contribution in [0.3, 0.4) is 0 Å². The predicted octanol–water partition coefficient (Wildman–Crippen LogP) is 3.68. The monoisotopic (exact) mass is 306 g/mol. The van der Waals surface area contributed by atoms with Gasteiger partial charge in [0.1, 0.15) is 0 Å². The number of halogens is 3. The topological polar surface area (TPSA) is 15.3 Å².